The van der Waals surface area contributed by atoms with E-state index >= 15 is 0 Å². The van der Waals surface area contributed by atoms with E-state index in [9.17, 15) is 34.8 Å². The van der Waals surface area contributed by atoms with Gasteiger partial charge in [0, 0.05) is 0 Å². The zero-order valence-corrected chi connectivity index (χ0v) is 16.1. The van der Waals surface area contributed by atoms with Crippen LogP contribution in [-0.2, 0) is 23.9 Å². The van der Waals surface area contributed by atoms with Gasteiger partial charge >= 0.3 is 17.9 Å². The second-order valence-corrected chi connectivity index (χ2v) is 6.91. The Morgan fingerprint density at radius 2 is 1.84 bits per heavy atom. The predicted octanol–water partition coefficient (Wildman–Crippen LogP) is -1.92. The van der Waals surface area contributed by atoms with Crippen molar-refractivity contribution in [1.29, 1.82) is 0 Å². The molecule has 0 saturated carbocycles. The van der Waals surface area contributed by atoms with Crippen molar-refractivity contribution in [3.05, 3.63) is 11.6 Å². The molecule has 168 valence electrons. The van der Waals surface area contributed by atoms with Gasteiger partial charge in [0.15, 0.2) is 17.7 Å². The average Bonchev–Trinajstić information content (AvgIpc) is 3.20. The Morgan fingerprint density at radius 1 is 1.19 bits per heavy atom. The van der Waals surface area contributed by atoms with Gasteiger partial charge in [0.2, 0.25) is 5.28 Å². The highest BCUT2D eigenvalue weighted by Crippen LogP contribution is 2.33. The fourth-order valence-electron chi connectivity index (χ4n) is 3.05. The number of carboxylic acids is 3. The molecule has 1 aliphatic rings. The number of imidazole rings is 1. The standard InChI is InChI=1S/C15H16ClN5O10/c16-14-19-9(17)6-10(20-14)21(3-18-6)11-8(25)7(24)4(31-11)2-30-15(12(26)27,13(28)29)1-5(22)23/h3-4,7-8,11,24-25H,1-2H2,(H,22,23)(H,26,27)(H,28,29)(H2,17,19,20)/t4-,7-,8-,11-/m1/s1. The van der Waals surface area contributed by atoms with E-state index in [4.69, 9.17) is 31.9 Å². The van der Waals surface area contributed by atoms with Crippen molar-refractivity contribution in [3.63, 3.8) is 0 Å². The predicted molar refractivity (Wildman–Crippen MR) is 96.9 cm³/mol. The van der Waals surface area contributed by atoms with Crippen LogP contribution in [0.2, 0.25) is 5.28 Å². The van der Waals surface area contributed by atoms with E-state index in [1.165, 1.54) is 10.9 Å². The van der Waals surface area contributed by atoms with Gasteiger partial charge in [0.25, 0.3) is 5.60 Å². The summed E-state index contributed by atoms with van der Waals surface area (Å²) in [5.41, 5.74) is 2.77. The first-order valence-electron chi connectivity index (χ1n) is 8.47. The van der Waals surface area contributed by atoms with Gasteiger partial charge in [-0.3, -0.25) is 9.36 Å². The first-order chi connectivity index (χ1) is 14.5. The average molecular weight is 462 g/mol. The molecular formula is C15H16ClN5O10. The molecule has 4 atom stereocenters. The zero-order valence-electron chi connectivity index (χ0n) is 15.3. The molecule has 0 bridgehead atoms. The van der Waals surface area contributed by atoms with Crippen LogP contribution in [0.15, 0.2) is 6.33 Å². The van der Waals surface area contributed by atoms with Crippen molar-refractivity contribution in [1.82, 2.24) is 19.5 Å². The summed E-state index contributed by atoms with van der Waals surface area (Å²) in [6.07, 6.45) is -6.24. The quantitative estimate of drug-likeness (QED) is 0.185. The fourth-order valence-corrected chi connectivity index (χ4v) is 3.22. The van der Waals surface area contributed by atoms with Crippen molar-refractivity contribution in [2.24, 2.45) is 0 Å². The number of aliphatic carboxylic acids is 3. The number of fused-ring (bicyclic) bond motifs is 1. The number of ether oxygens (including phenoxy) is 2. The Balaban J connectivity index is 1.85. The third-order valence-electron chi connectivity index (χ3n) is 4.62. The third kappa shape index (κ3) is 3.96. The van der Waals surface area contributed by atoms with Crippen LogP contribution in [0.4, 0.5) is 5.82 Å². The maximum atomic E-state index is 11.4. The molecule has 2 aromatic heterocycles. The molecule has 0 unspecified atom stereocenters. The van der Waals surface area contributed by atoms with Crippen molar-refractivity contribution < 1.29 is 49.4 Å². The Kier molecular flexibility index (Phi) is 5.97. The molecule has 0 aliphatic carbocycles. The normalized spacial score (nSPS) is 23.8. The van der Waals surface area contributed by atoms with E-state index in [1.807, 2.05) is 0 Å². The molecule has 3 heterocycles. The minimum atomic E-state index is -3.13. The van der Waals surface area contributed by atoms with E-state index in [0.29, 0.717) is 0 Å². The molecule has 1 fully saturated rings. The van der Waals surface area contributed by atoms with E-state index in [0.717, 1.165) is 0 Å². The Bertz CT molecular complexity index is 1030. The number of nitrogen functional groups attached to an aromatic ring is 1. The number of nitrogens with two attached hydrogens (primary N) is 1. The number of anilines is 1. The highest BCUT2D eigenvalue weighted by molar-refractivity contribution is 6.28. The van der Waals surface area contributed by atoms with Gasteiger partial charge < -0.3 is 40.7 Å². The van der Waals surface area contributed by atoms with Crippen LogP contribution in [0.3, 0.4) is 0 Å². The van der Waals surface area contributed by atoms with Crippen molar-refractivity contribution >= 4 is 46.5 Å². The lowest BCUT2D eigenvalue weighted by Crippen LogP contribution is -2.52. The van der Waals surface area contributed by atoms with Crippen LogP contribution in [0.1, 0.15) is 12.6 Å². The van der Waals surface area contributed by atoms with Crippen LogP contribution >= 0.6 is 11.6 Å². The largest absolute Gasteiger partial charge is 0.481 e. The summed E-state index contributed by atoms with van der Waals surface area (Å²) in [4.78, 5) is 45.5. The molecule has 1 aliphatic heterocycles. The number of aliphatic hydroxyl groups excluding tert-OH is 2. The summed E-state index contributed by atoms with van der Waals surface area (Å²) < 4.78 is 11.6. The number of hydrogen-bond acceptors (Lipinski definition) is 11. The number of rotatable bonds is 8. The Labute approximate surface area is 176 Å². The number of carbonyl (C=O) groups is 3. The van der Waals surface area contributed by atoms with Crippen LogP contribution < -0.4 is 5.73 Å². The van der Waals surface area contributed by atoms with Crippen LogP contribution in [0, 0.1) is 0 Å². The molecule has 3 rings (SSSR count). The minimum absolute atomic E-state index is 0.0527. The highest BCUT2D eigenvalue weighted by atomic mass is 35.5. The van der Waals surface area contributed by atoms with E-state index in [-0.39, 0.29) is 22.3 Å². The molecule has 1 saturated heterocycles. The molecule has 31 heavy (non-hydrogen) atoms. The lowest BCUT2D eigenvalue weighted by molar-refractivity contribution is -0.194. The van der Waals surface area contributed by atoms with Gasteiger partial charge in [0.05, 0.1) is 19.4 Å². The van der Waals surface area contributed by atoms with Gasteiger partial charge in [-0.05, 0) is 11.6 Å². The molecule has 16 heteroatoms. The summed E-state index contributed by atoms with van der Waals surface area (Å²) >= 11 is 5.78. The van der Waals surface area contributed by atoms with E-state index in [1.54, 1.807) is 0 Å². The summed E-state index contributed by atoms with van der Waals surface area (Å²) in [5.74, 6) is -5.92. The number of hydrogen-bond donors (Lipinski definition) is 6. The zero-order chi connectivity index (χ0) is 23.1. The topological polar surface area (TPSA) is 240 Å². The van der Waals surface area contributed by atoms with Crippen LogP contribution in [0.5, 0.6) is 0 Å². The second kappa shape index (κ2) is 8.20. The molecule has 2 aromatic rings. The van der Waals surface area contributed by atoms with Gasteiger partial charge in [-0.2, -0.15) is 9.97 Å². The van der Waals surface area contributed by atoms with Gasteiger partial charge in [-0.1, -0.05) is 0 Å². The summed E-state index contributed by atoms with van der Waals surface area (Å²) in [5, 5.41) is 47.8. The first-order valence-corrected chi connectivity index (χ1v) is 8.85. The van der Waals surface area contributed by atoms with Crippen LogP contribution in [0.25, 0.3) is 11.2 Å². The van der Waals surface area contributed by atoms with E-state index < -0.39 is 61.1 Å². The maximum absolute atomic E-state index is 11.4. The van der Waals surface area contributed by atoms with Gasteiger partial charge in [-0.25, -0.2) is 14.6 Å². The van der Waals surface area contributed by atoms with Gasteiger partial charge in [0.1, 0.15) is 23.8 Å². The lowest BCUT2D eigenvalue weighted by atomic mass is 9.99. The van der Waals surface area contributed by atoms with E-state index in [2.05, 4.69) is 15.0 Å². The molecule has 0 aromatic carbocycles. The maximum Gasteiger partial charge on any atom is 0.348 e. The molecule has 15 nitrogen and oxygen atoms in total. The molecule has 0 amide bonds. The Morgan fingerprint density at radius 3 is 2.42 bits per heavy atom. The summed E-state index contributed by atoms with van der Waals surface area (Å²) in [7, 11) is 0. The number of aromatic nitrogens is 4. The van der Waals surface area contributed by atoms with Crippen LogP contribution in [-0.4, -0.2) is 93.5 Å². The molecular weight excluding hydrogens is 446 g/mol. The first kappa shape index (κ1) is 22.6. The van der Waals surface area contributed by atoms with Crippen molar-refractivity contribution in [2.75, 3.05) is 12.3 Å². The number of nitrogens with zero attached hydrogens (tertiary/aromatic N) is 4. The number of halogens is 1. The monoisotopic (exact) mass is 461 g/mol. The summed E-state index contributed by atoms with van der Waals surface area (Å²) in [6, 6.07) is 0. The van der Waals surface area contributed by atoms with Crippen molar-refractivity contribution in [3.8, 4) is 0 Å². The molecule has 7 N–H and O–H groups in total. The highest BCUT2D eigenvalue weighted by Gasteiger charge is 2.52. The lowest BCUT2D eigenvalue weighted by Gasteiger charge is -2.25. The third-order valence-corrected chi connectivity index (χ3v) is 4.79. The fraction of sp³-hybridized carbons (Fsp3) is 0.467. The number of carboxylic acid groups (broad SMARTS) is 3. The summed E-state index contributed by atoms with van der Waals surface area (Å²) in [6.45, 7) is -0.870. The van der Waals surface area contributed by atoms with Gasteiger partial charge in [-0.15, -0.1) is 0 Å². The van der Waals surface area contributed by atoms with Crippen molar-refractivity contribution in [2.45, 2.75) is 36.6 Å². The smallest absolute Gasteiger partial charge is 0.348 e. The number of aliphatic hydroxyl groups is 2. The minimum Gasteiger partial charge on any atom is -0.481 e. The molecule has 0 spiro atoms. The molecule has 0 radical (unpaired) electrons. The Hall–Kier alpha value is -3.11. The SMILES string of the molecule is Nc1nc(Cl)nc2c1ncn2[C@@H]1O[C@H](COC(CC(=O)O)(C(=O)O)C(=O)O)[C@@H](O)[C@H]1O. The second-order valence-electron chi connectivity index (χ2n) is 6.57.